The van der Waals surface area contributed by atoms with E-state index in [0.717, 1.165) is 5.56 Å². The molecule has 35 heavy (non-hydrogen) atoms. The molecule has 0 atom stereocenters. The second-order valence-electron chi connectivity index (χ2n) is 7.37. The molecule has 0 spiro atoms. The van der Waals surface area contributed by atoms with Gasteiger partial charge in [-0.1, -0.05) is 60.7 Å². The Labute approximate surface area is 202 Å². The molecule has 8 heteroatoms. The van der Waals surface area contributed by atoms with Gasteiger partial charge in [-0.15, -0.1) is 0 Å². The first-order chi connectivity index (χ1) is 16.9. The lowest BCUT2D eigenvalue weighted by Crippen LogP contribution is -2.37. The summed E-state index contributed by atoms with van der Waals surface area (Å²) in [6.45, 7) is 0.994. The molecule has 0 fully saturated rings. The van der Waals surface area contributed by atoms with Gasteiger partial charge in [0.25, 0.3) is 11.8 Å². The summed E-state index contributed by atoms with van der Waals surface area (Å²) < 4.78 is 10.2. The average molecular weight is 472 g/mol. The zero-order chi connectivity index (χ0) is 25.0. The predicted molar refractivity (Wildman–Crippen MR) is 129 cm³/mol. The zero-order valence-corrected chi connectivity index (χ0v) is 19.0. The highest BCUT2D eigenvalue weighted by Gasteiger charge is 2.16. The standard InChI is InChI=1S/C27H24N2O6/c1-19(30)35-23-14-12-20(13-15-23)16-24(29-26(32)22-10-6-3-7-11-22)27(33)28-17-25(31)34-18-21-8-4-2-5-9-21/h2-16H,17-18H2,1H3,(H,28,33)(H,29,32). The van der Waals surface area contributed by atoms with E-state index >= 15 is 0 Å². The van der Waals surface area contributed by atoms with E-state index in [1.54, 1.807) is 54.6 Å². The molecule has 0 bridgehead atoms. The molecule has 0 aliphatic carbocycles. The molecular weight excluding hydrogens is 448 g/mol. The number of ether oxygens (including phenoxy) is 2. The molecule has 0 saturated carbocycles. The zero-order valence-electron chi connectivity index (χ0n) is 19.0. The van der Waals surface area contributed by atoms with Gasteiger partial charge >= 0.3 is 11.9 Å². The number of hydrogen-bond acceptors (Lipinski definition) is 6. The third kappa shape index (κ3) is 8.29. The molecule has 0 heterocycles. The number of esters is 2. The summed E-state index contributed by atoms with van der Waals surface area (Å²) in [6, 6.07) is 23.9. The van der Waals surface area contributed by atoms with Crippen LogP contribution in [0.25, 0.3) is 6.08 Å². The van der Waals surface area contributed by atoms with Crippen LogP contribution in [0, 0.1) is 0 Å². The van der Waals surface area contributed by atoms with Crippen LogP contribution in [0.15, 0.2) is 90.6 Å². The van der Waals surface area contributed by atoms with Crippen molar-refractivity contribution in [1.82, 2.24) is 10.6 Å². The van der Waals surface area contributed by atoms with Crippen molar-refractivity contribution in [2.45, 2.75) is 13.5 Å². The smallest absolute Gasteiger partial charge is 0.325 e. The summed E-state index contributed by atoms with van der Waals surface area (Å²) in [5, 5.41) is 5.05. The lowest BCUT2D eigenvalue weighted by Gasteiger charge is -2.11. The molecule has 0 aliphatic rings. The summed E-state index contributed by atoms with van der Waals surface area (Å²) in [5.41, 5.74) is 1.67. The summed E-state index contributed by atoms with van der Waals surface area (Å²) in [5.74, 6) is -1.90. The fourth-order valence-electron chi connectivity index (χ4n) is 2.94. The Kier molecular flexibility index (Phi) is 8.90. The number of carbonyl (C=O) groups excluding carboxylic acids is 4. The van der Waals surface area contributed by atoms with Gasteiger partial charge in [-0.2, -0.15) is 0 Å². The van der Waals surface area contributed by atoms with Crippen molar-refractivity contribution < 1.29 is 28.7 Å². The highest BCUT2D eigenvalue weighted by Crippen LogP contribution is 2.15. The van der Waals surface area contributed by atoms with Gasteiger partial charge in [-0.05, 0) is 41.5 Å². The van der Waals surface area contributed by atoms with E-state index in [1.807, 2.05) is 30.3 Å². The Morgan fingerprint density at radius 3 is 2.09 bits per heavy atom. The molecule has 2 amide bonds. The molecule has 0 aromatic heterocycles. The normalized spacial score (nSPS) is 10.7. The molecular formula is C27H24N2O6. The molecule has 3 aromatic carbocycles. The van der Waals surface area contributed by atoms with Gasteiger partial charge in [0.15, 0.2) is 0 Å². The number of hydrogen-bond donors (Lipinski definition) is 2. The fourth-order valence-corrected chi connectivity index (χ4v) is 2.94. The molecule has 3 aromatic rings. The summed E-state index contributed by atoms with van der Waals surface area (Å²) in [7, 11) is 0. The van der Waals surface area contributed by atoms with Gasteiger partial charge in [0.1, 0.15) is 24.6 Å². The fraction of sp³-hybridized carbons (Fsp3) is 0.111. The maximum absolute atomic E-state index is 12.8. The number of carbonyl (C=O) groups is 4. The molecule has 8 nitrogen and oxygen atoms in total. The summed E-state index contributed by atoms with van der Waals surface area (Å²) in [6.07, 6.45) is 1.45. The largest absolute Gasteiger partial charge is 0.460 e. The molecule has 3 rings (SSSR count). The molecule has 0 aliphatic heterocycles. The van der Waals surface area contributed by atoms with E-state index in [1.165, 1.54) is 13.0 Å². The number of nitrogens with one attached hydrogen (secondary N) is 2. The van der Waals surface area contributed by atoms with E-state index < -0.39 is 23.8 Å². The summed E-state index contributed by atoms with van der Waals surface area (Å²) in [4.78, 5) is 48.7. The van der Waals surface area contributed by atoms with Crippen molar-refractivity contribution >= 4 is 29.8 Å². The minimum Gasteiger partial charge on any atom is -0.460 e. The Bertz CT molecular complexity index is 1210. The number of amides is 2. The molecule has 178 valence electrons. The van der Waals surface area contributed by atoms with Gasteiger partial charge < -0.3 is 20.1 Å². The lowest BCUT2D eigenvalue weighted by atomic mass is 10.1. The van der Waals surface area contributed by atoms with E-state index in [2.05, 4.69) is 10.6 Å². The van der Waals surface area contributed by atoms with Crippen molar-refractivity contribution in [3.8, 4) is 5.75 Å². The van der Waals surface area contributed by atoms with Gasteiger partial charge in [-0.25, -0.2) is 0 Å². The van der Waals surface area contributed by atoms with Crippen molar-refractivity contribution in [2.75, 3.05) is 6.54 Å². The van der Waals surface area contributed by atoms with Gasteiger partial charge in [0.2, 0.25) is 0 Å². The third-order valence-corrected chi connectivity index (χ3v) is 4.62. The molecule has 2 N–H and O–H groups in total. The van der Waals surface area contributed by atoms with Crippen LogP contribution in [0.1, 0.15) is 28.4 Å². The second-order valence-corrected chi connectivity index (χ2v) is 7.37. The number of benzene rings is 3. The van der Waals surface area contributed by atoms with E-state index in [9.17, 15) is 19.2 Å². The quantitative estimate of drug-likeness (QED) is 0.281. The molecule has 0 unspecified atom stereocenters. The van der Waals surface area contributed by atoms with E-state index in [0.29, 0.717) is 16.9 Å². The Hall–Kier alpha value is -4.72. The predicted octanol–water partition coefficient (Wildman–Crippen LogP) is 3.24. The van der Waals surface area contributed by atoms with Crippen LogP contribution in [0.4, 0.5) is 0 Å². The van der Waals surface area contributed by atoms with Gasteiger partial charge in [-0.3, -0.25) is 19.2 Å². The first kappa shape index (κ1) is 24.9. The summed E-state index contributed by atoms with van der Waals surface area (Å²) >= 11 is 0. The van der Waals surface area contributed by atoms with Crippen molar-refractivity contribution in [2.24, 2.45) is 0 Å². The van der Waals surface area contributed by atoms with Crippen LogP contribution in [0.2, 0.25) is 0 Å². The Morgan fingerprint density at radius 2 is 1.46 bits per heavy atom. The second kappa shape index (κ2) is 12.5. The Balaban J connectivity index is 1.69. The van der Waals surface area contributed by atoms with Crippen LogP contribution in [0.3, 0.4) is 0 Å². The third-order valence-electron chi connectivity index (χ3n) is 4.62. The van der Waals surface area contributed by atoms with Crippen LogP contribution < -0.4 is 15.4 Å². The minimum atomic E-state index is -0.671. The number of rotatable bonds is 9. The van der Waals surface area contributed by atoms with Crippen LogP contribution >= 0.6 is 0 Å². The lowest BCUT2D eigenvalue weighted by molar-refractivity contribution is -0.144. The SMILES string of the molecule is CC(=O)Oc1ccc(C=C(NC(=O)c2ccccc2)C(=O)NCC(=O)OCc2ccccc2)cc1. The van der Waals surface area contributed by atoms with Crippen LogP contribution in [-0.4, -0.2) is 30.3 Å². The van der Waals surface area contributed by atoms with Gasteiger partial charge in [0, 0.05) is 12.5 Å². The first-order valence-electron chi connectivity index (χ1n) is 10.7. The first-order valence-corrected chi connectivity index (χ1v) is 10.7. The molecule has 0 saturated heterocycles. The Morgan fingerprint density at radius 1 is 0.829 bits per heavy atom. The van der Waals surface area contributed by atoms with Crippen LogP contribution in [0.5, 0.6) is 5.75 Å². The van der Waals surface area contributed by atoms with Crippen molar-refractivity contribution in [1.29, 1.82) is 0 Å². The molecule has 0 radical (unpaired) electrons. The average Bonchev–Trinajstić information content (AvgIpc) is 2.87. The van der Waals surface area contributed by atoms with E-state index in [4.69, 9.17) is 9.47 Å². The minimum absolute atomic E-state index is 0.0741. The maximum Gasteiger partial charge on any atom is 0.325 e. The van der Waals surface area contributed by atoms with Gasteiger partial charge in [0.05, 0.1) is 0 Å². The topological polar surface area (TPSA) is 111 Å². The van der Waals surface area contributed by atoms with Crippen molar-refractivity contribution in [3.63, 3.8) is 0 Å². The maximum atomic E-state index is 12.8. The monoisotopic (exact) mass is 472 g/mol. The van der Waals surface area contributed by atoms with Crippen LogP contribution in [-0.2, 0) is 25.7 Å². The van der Waals surface area contributed by atoms with E-state index in [-0.39, 0.29) is 18.8 Å². The highest BCUT2D eigenvalue weighted by molar-refractivity contribution is 6.05. The van der Waals surface area contributed by atoms with Crippen molar-refractivity contribution in [3.05, 3.63) is 107 Å². The highest BCUT2D eigenvalue weighted by atomic mass is 16.5.